The average Bonchev–Trinajstić information content (AvgIpc) is 3.41. The number of amides is 1. The molecule has 41 heavy (non-hydrogen) atoms. The Balaban J connectivity index is 1.47. The topological polar surface area (TPSA) is 117 Å². The number of hydrogen-bond acceptors (Lipinski definition) is 7. The van der Waals surface area contributed by atoms with Crippen LogP contribution in [0.1, 0.15) is 47.8 Å². The lowest BCUT2D eigenvalue weighted by Gasteiger charge is -2.41. The van der Waals surface area contributed by atoms with Crippen molar-refractivity contribution in [3.05, 3.63) is 78.2 Å². The highest BCUT2D eigenvalue weighted by atomic mass is 32.2. The number of aromatic nitrogens is 2. The first-order valence-electron chi connectivity index (χ1n) is 14.5. The highest BCUT2D eigenvalue weighted by molar-refractivity contribution is 7.90. The second kappa shape index (κ2) is 12.9. The predicted molar refractivity (Wildman–Crippen MR) is 161 cm³/mol. The van der Waals surface area contributed by atoms with E-state index in [1.54, 1.807) is 6.33 Å². The van der Waals surface area contributed by atoms with Gasteiger partial charge in [-0.15, -0.1) is 0 Å². The summed E-state index contributed by atoms with van der Waals surface area (Å²) in [6.45, 7) is 2.57. The first kappa shape index (κ1) is 29.4. The van der Waals surface area contributed by atoms with E-state index in [-0.39, 0.29) is 36.8 Å². The van der Waals surface area contributed by atoms with Crippen LogP contribution in [0, 0.1) is 0 Å². The smallest absolute Gasteiger partial charge is 0.275 e. The standard InChI is InChI=1S/C31H41N5O4S/c1-41(39,40)19-17-33-22-31(38)15-9-8-14-27(31)36-23-34-28(29(36)25-12-6-3-7-13-25)30(37)35-18-16-32-21-26(35)20-24-10-4-2-5-11-24/h2-7,10-13,23,26-27,32-33,38H,8-9,14-22H2,1H3/t26-,27+,31+/m1/s1. The molecule has 3 atom stereocenters. The van der Waals surface area contributed by atoms with Crippen LogP contribution in [0.2, 0.25) is 0 Å². The van der Waals surface area contributed by atoms with Gasteiger partial charge in [-0.1, -0.05) is 73.5 Å². The summed E-state index contributed by atoms with van der Waals surface area (Å²) in [4.78, 5) is 20.9. The maximum atomic E-state index is 14.2. The molecule has 1 saturated carbocycles. The quantitative estimate of drug-likeness (QED) is 0.316. The minimum absolute atomic E-state index is 0.00178. The number of aliphatic hydroxyl groups is 1. The lowest BCUT2D eigenvalue weighted by molar-refractivity contribution is -0.0390. The van der Waals surface area contributed by atoms with Gasteiger partial charge in [-0.2, -0.15) is 0 Å². The van der Waals surface area contributed by atoms with Gasteiger partial charge in [0.25, 0.3) is 5.91 Å². The van der Waals surface area contributed by atoms with Gasteiger partial charge in [-0.3, -0.25) is 4.79 Å². The van der Waals surface area contributed by atoms with Crippen LogP contribution in [0.25, 0.3) is 11.3 Å². The highest BCUT2D eigenvalue weighted by Gasteiger charge is 2.42. The lowest BCUT2D eigenvalue weighted by Crippen LogP contribution is -2.54. The Morgan fingerprint density at radius 1 is 1.12 bits per heavy atom. The summed E-state index contributed by atoms with van der Waals surface area (Å²) in [5, 5.41) is 18.5. The summed E-state index contributed by atoms with van der Waals surface area (Å²) in [6, 6.07) is 19.7. The molecule has 9 nitrogen and oxygen atoms in total. The van der Waals surface area contributed by atoms with Gasteiger partial charge in [0.2, 0.25) is 0 Å². The summed E-state index contributed by atoms with van der Waals surface area (Å²) in [5.41, 5.74) is 2.07. The number of carbonyl (C=O) groups excluding carboxylic acids is 1. The van der Waals surface area contributed by atoms with Crippen molar-refractivity contribution in [2.24, 2.45) is 0 Å². The molecule has 2 aromatic carbocycles. The van der Waals surface area contributed by atoms with E-state index in [9.17, 15) is 18.3 Å². The van der Waals surface area contributed by atoms with E-state index < -0.39 is 15.4 Å². The van der Waals surface area contributed by atoms with E-state index in [0.717, 1.165) is 37.8 Å². The van der Waals surface area contributed by atoms with Crippen LogP contribution in [0.15, 0.2) is 67.0 Å². The van der Waals surface area contributed by atoms with E-state index in [1.165, 1.54) is 11.8 Å². The van der Waals surface area contributed by atoms with Gasteiger partial charge < -0.3 is 25.2 Å². The van der Waals surface area contributed by atoms with Crippen LogP contribution in [0.4, 0.5) is 0 Å². The van der Waals surface area contributed by atoms with Gasteiger partial charge in [-0.05, 0) is 24.8 Å². The molecule has 2 heterocycles. The van der Waals surface area contributed by atoms with Crippen LogP contribution in [0.3, 0.4) is 0 Å². The van der Waals surface area contributed by atoms with E-state index in [0.29, 0.717) is 30.9 Å². The summed E-state index contributed by atoms with van der Waals surface area (Å²) in [6.07, 6.45) is 6.82. The van der Waals surface area contributed by atoms with Crippen molar-refractivity contribution in [1.29, 1.82) is 0 Å². The Kier molecular flexibility index (Phi) is 9.23. The first-order valence-corrected chi connectivity index (χ1v) is 16.6. The first-order chi connectivity index (χ1) is 19.8. The third-order valence-electron chi connectivity index (χ3n) is 8.34. The number of piperazine rings is 1. The van der Waals surface area contributed by atoms with Gasteiger partial charge in [0, 0.05) is 50.6 Å². The number of hydrogen-bond donors (Lipinski definition) is 3. The van der Waals surface area contributed by atoms with Gasteiger partial charge in [-0.25, -0.2) is 13.4 Å². The Morgan fingerprint density at radius 2 is 1.85 bits per heavy atom. The van der Waals surface area contributed by atoms with Crippen LogP contribution in [0.5, 0.6) is 0 Å². The molecule has 2 fully saturated rings. The van der Waals surface area contributed by atoms with Crippen molar-refractivity contribution in [3.8, 4) is 11.3 Å². The van der Waals surface area contributed by atoms with Crippen LogP contribution >= 0.6 is 0 Å². The fourth-order valence-corrected chi connectivity index (χ4v) is 6.75. The van der Waals surface area contributed by atoms with E-state index in [1.807, 2.05) is 58.0 Å². The number of rotatable bonds is 10. The van der Waals surface area contributed by atoms with Gasteiger partial charge in [0.1, 0.15) is 9.84 Å². The third-order valence-corrected chi connectivity index (χ3v) is 9.29. The Labute approximate surface area is 242 Å². The number of benzene rings is 2. The van der Waals surface area contributed by atoms with Gasteiger partial charge >= 0.3 is 0 Å². The molecule has 5 rings (SSSR count). The van der Waals surface area contributed by atoms with Gasteiger partial charge in [0.15, 0.2) is 5.69 Å². The molecule has 2 aliphatic rings. The van der Waals surface area contributed by atoms with Crippen LogP contribution in [-0.2, 0) is 16.3 Å². The molecule has 1 aromatic heterocycles. The number of nitrogens with one attached hydrogen (secondary N) is 2. The molecule has 0 radical (unpaired) electrons. The molecule has 1 aliphatic heterocycles. The van der Waals surface area contributed by atoms with E-state index in [4.69, 9.17) is 4.98 Å². The molecule has 3 aromatic rings. The predicted octanol–water partition coefficient (Wildman–Crippen LogP) is 2.69. The largest absolute Gasteiger partial charge is 0.386 e. The molecule has 1 saturated heterocycles. The number of carbonyl (C=O) groups is 1. The zero-order chi connectivity index (χ0) is 28.9. The minimum atomic E-state index is -3.10. The Hall–Kier alpha value is -3.05. The molecule has 220 valence electrons. The number of nitrogens with zero attached hydrogens (tertiary/aromatic N) is 3. The summed E-state index contributed by atoms with van der Waals surface area (Å²) in [7, 11) is -3.10. The molecular formula is C31H41N5O4S. The Bertz CT molecular complexity index is 1410. The van der Waals surface area contributed by atoms with Crippen molar-refractivity contribution < 1.29 is 18.3 Å². The highest BCUT2D eigenvalue weighted by Crippen LogP contribution is 2.40. The second-order valence-electron chi connectivity index (χ2n) is 11.4. The van der Waals surface area contributed by atoms with E-state index >= 15 is 0 Å². The van der Waals surface area contributed by atoms with Crippen molar-refractivity contribution in [1.82, 2.24) is 25.1 Å². The molecule has 0 unspecified atom stereocenters. The zero-order valence-corrected chi connectivity index (χ0v) is 24.5. The minimum Gasteiger partial charge on any atom is -0.386 e. The summed E-state index contributed by atoms with van der Waals surface area (Å²) >= 11 is 0. The molecule has 0 spiro atoms. The average molecular weight is 580 g/mol. The third kappa shape index (κ3) is 7.06. The van der Waals surface area contributed by atoms with Crippen molar-refractivity contribution in [2.45, 2.75) is 49.8 Å². The summed E-state index contributed by atoms with van der Waals surface area (Å²) in [5.74, 6) is -0.0858. The maximum Gasteiger partial charge on any atom is 0.275 e. The lowest BCUT2D eigenvalue weighted by atomic mass is 9.79. The van der Waals surface area contributed by atoms with E-state index in [2.05, 4.69) is 22.8 Å². The van der Waals surface area contributed by atoms with Crippen molar-refractivity contribution in [3.63, 3.8) is 0 Å². The van der Waals surface area contributed by atoms with Crippen molar-refractivity contribution in [2.75, 3.05) is 44.7 Å². The van der Waals surface area contributed by atoms with Gasteiger partial charge in [0.05, 0.1) is 29.4 Å². The van der Waals surface area contributed by atoms with Crippen LogP contribution < -0.4 is 10.6 Å². The Morgan fingerprint density at radius 3 is 2.59 bits per heavy atom. The molecule has 1 aliphatic carbocycles. The SMILES string of the molecule is CS(=O)(=O)CCNC[C@@]1(O)CCCC[C@@H]1n1cnc(C(=O)N2CCNC[C@H]2Cc2ccccc2)c1-c1ccccc1. The molecule has 3 N–H and O–H groups in total. The molecule has 1 amide bonds. The number of sulfone groups is 1. The van der Waals surface area contributed by atoms with Crippen LogP contribution in [-0.4, -0.2) is 90.3 Å². The fourth-order valence-electron chi connectivity index (χ4n) is 6.24. The second-order valence-corrected chi connectivity index (χ2v) is 13.7. The maximum absolute atomic E-state index is 14.2. The zero-order valence-electron chi connectivity index (χ0n) is 23.7. The number of imidazole rings is 1. The summed E-state index contributed by atoms with van der Waals surface area (Å²) < 4.78 is 25.2. The molecule has 10 heteroatoms. The fraction of sp³-hybridized carbons (Fsp3) is 0.484. The molecule has 0 bridgehead atoms. The van der Waals surface area contributed by atoms with Crippen molar-refractivity contribution >= 4 is 15.7 Å². The monoisotopic (exact) mass is 579 g/mol. The normalized spacial score (nSPS) is 23.4. The molecular weight excluding hydrogens is 538 g/mol.